The van der Waals surface area contributed by atoms with Crippen LogP contribution in [0.1, 0.15) is 39.5 Å². The van der Waals surface area contributed by atoms with Crippen molar-refractivity contribution in [2.75, 3.05) is 10.6 Å². The molecule has 2 aromatic carbocycles. The first-order valence-corrected chi connectivity index (χ1v) is 14.7. The Bertz CT molecular complexity index is 2190. The number of nitrogens with one attached hydrogen (secondary N) is 4. The summed E-state index contributed by atoms with van der Waals surface area (Å²) in [5.41, 5.74) is 7.94. The van der Waals surface area contributed by atoms with Crippen LogP contribution in [-0.2, 0) is 6.18 Å². The number of anilines is 4. The summed E-state index contributed by atoms with van der Waals surface area (Å²) in [5, 5.41) is 33.5. The normalized spacial score (nSPS) is 10.8. The van der Waals surface area contributed by atoms with Gasteiger partial charge in [-0.25, -0.2) is 19.9 Å². The quantitative estimate of drug-likeness (QED) is 0.110. The van der Waals surface area contributed by atoms with Crippen LogP contribution in [0, 0.1) is 50.4 Å². The fraction of sp³-hybridized carbons (Fsp3) is 0.143. The summed E-state index contributed by atoms with van der Waals surface area (Å²) in [7, 11) is 0. The zero-order valence-electron chi connectivity index (χ0n) is 26.7. The van der Waals surface area contributed by atoms with Crippen molar-refractivity contribution in [3.63, 3.8) is 0 Å². The molecular formula is C35H29F3N10O. The van der Waals surface area contributed by atoms with Gasteiger partial charge in [0, 0.05) is 46.3 Å². The van der Waals surface area contributed by atoms with Gasteiger partial charge in [-0.1, -0.05) is 0 Å². The van der Waals surface area contributed by atoms with Gasteiger partial charge in [0.15, 0.2) is 0 Å². The van der Waals surface area contributed by atoms with Crippen LogP contribution in [0.2, 0.25) is 0 Å². The highest BCUT2D eigenvalue weighted by Gasteiger charge is 2.30. The topological polar surface area (TPSA) is 175 Å². The molecule has 11 nitrogen and oxygen atoms in total. The molecule has 0 aliphatic carbocycles. The lowest BCUT2D eigenvalue weighted by Gasteiger charge is -2.09. The lowest BCUT2D eigenvalue weighted by molar-refractivity contribution is -0.137. The molecule has 6 rings (SSSR count). The number of halogens is 3. The van der Waals surface area contributed by atoms with Gasteiger partial charge in [0.1, 0.15) is 29.3 Å². The second-order valence-electron chi connectivity index (χ2n) is 10.9. The number of hydrogen-bond acceptors (Lipinski definition) is 9. The van der Waals surface area contributed by atoms with E-state index in [1.165, 1.54) is 12.1 Å². The largest absolute Gasteiger partial charge is 0.508 e. The molecule has 0 aliphatic heterocycles. The van der Waals surface area contributed by atoms with E-state index in [0.29, 0.717) is 28.7 Å². The Morgan fingerprint density at radius 1 is 0.653 bits per heavy atom. The number of phenolic OH excluding ortho intramolecular Hbond substituents is 1. The highest BCUT2D eigenvalue weighted by molar-refractivity contribution is 5.71. The highest BCUT2D eigenvalue weighted by Crippen LogP contribution is 2.32. The van der Waals surface area contributed by atoms with Gasteiger partial charge in [-0.05, 0) is 99.5 Å². The molecule has 246 valence electrons. The smallest absolute Gasteiger partial charge is 0.416 e. The van der Waals surface area contributed by atoms with E-state index >= 15 is 0 Å². The van der Waals surface area contributed by atoms with Gasteiger partial charge in [-0.2, -0.15) is 23.7 Å². The molecule has 0 unspecified atom stereocenters. The Labute approximate surface area is 279 Å². The maximum absolute atomic E-state index is 12.6. The van der Waals surface area contributed by atoms with Crippen LogP contribution in [0.4, 0.5) is 36.4 Å². The molecule has 0 amide bonds. The molecule has 6 aromatic rings. The van der Waals surface area contributed by atoms with Gasteiger partial charge in [-0.3, -0.25) is 0 Å². The zero-order chi connectivity index (χ0) is 35.3. The molecule has 0 bridgehead atoms. The number of rotatable bonds is 6. The van der Waals surface area contributed by atoms with Crippen LogP contribution in [0.25, 0.3) is 22.5 Å². The Balaban J connectivity index is 0.000000192. The maximum atomic E-state index is 12.6. The first-order valence-electron chi connectivity index (χ1n) is 14.7. The standard InChI is InChI=1S/C18H14F3N5.C17H15N5O/c1-10-15(9-22)24-11(2)16(10)14-7-8-23-17(26-14)25-13-5-3-12(4-6-13)18(19,20)21;1-10-15(9-18)20-11(2)16(10)14-7-8-19-17(22-14)21-12-3-5-13(23)6-4-12/h3-8,24H,1-2H3,(H,23,25,26);3-8,20,23H,1-2H3,(H,19,21,22). The molecule has 0 saturated carbocycles. The van der Waals surface area contributed by atoms with Gasteiger partial charge >= 0.3 is 6.18 Å². The Hall–Kier alpha value is -6.67. The molecule has 14 heteroatoms. The molecule has 0 fully saturated rings. The number of benzene rings is 2. The van der Waals surface area contributed by atoms with Gasteiger partial charge in [0.05, 0.1) is 17.0 Å². The fourth-order valence-corrected chi connectivity index (χ4v) is 5.15. The third-order valence-corrected chi connectivity index (χ3v) is 7.51. The summed E-state index contributed by atoms with van der Waals surface area (Å²) in [4.78, 5) is 23.3. The molecule has 0 spiro atoms. The van der Waals surface area contributed by atoms with Crippen LogP contribution in [0.15, 0.2) is 73.1 Å². The fourth-order valence-electron chi connectivity index (χ4n) is 5.15. The third-order valence-electron chi connectivity index (χ3n) is 7.51. The first kappa shape index (κ1) is 33.7. The van der Waals surface area contributed by atoms with Crippen LogP contribution in [0.5, 0.6) is 5.75 Å². The molecule has 0 aliphatic rings. The number of phenols is 1. The van der Waals surface area contributed by atoms with E-state index in [9.17, 15) is 18.3 Å². The average Bonchev–Trinajstić information content (AvgIpc) is 3.54. The number of hydrogen-bond donors (Lipinski definition) is 5. The molecule has 5 N–H and O–H groups in total. The number of aromatic nitrogens is 6. The van der Waals surface area contributed by atoms with E-state index < -0.39 is 11.7 Å². The second kappa shape index (κ2) is 14.0. The number of aromatic amines is 2. The van der Waals surface area contributed by atoms with Gasteiger partial charge in [0.2, 0.25) is 11.9 Å². The number of alkyl halides is 3. The van der Waals surface area contributed by atoms with Crippen molar-refractivity contribution in [3.05, 3.63) is 113 Å². The first-order chi connectivity index (χ1) is 23.4. The van der Waals surface area contributed by atoms with E-state index in [0.717, 1.165) is 57.2 Å². The third kappa shape index (κ3) is 7.66. The SMILES string of the molecule is Cc1[nH]c(C#N)c(C)c1-c1ccnc(Nc2ccc(C(F)(F)F)cc2)n1.Cc1[nH]c(C#N)c(C)c1-c1ccnc(Nc2ccc(O)cc2)n1. The predicted molar refractivity (Wildman–Crippen MR) is 178 cm³/mol. The van der Waals surface area contributed by atoms with Crippen molar-refractivity contribution < 1.29 is 18.3 Å². The van der Waals surface area contributed by atoms with Crippen molar-refractivity contribution >= 4 is 23.3 Å². The maximum Gasteiger partial charge on any atom is 0.416 e. The van der Waals surface area contributed by atoms with E-state index in [1.807, 2.05) is 33.8 Å². The Morgan fingerprint density at radius 3 is 1.43 bits per heavy atom. The van der Waals surface area contributed by atoms with Crippen molar-refractivity contribution in [1.29, 1.82) is 10.5 Å². The molecule has 4 aromatic heterocycles. The van der Waals surface area contributed by atoms with E-state index in [-0.39, 0.29) is 11.7 Å². The minimum absolute atomic E-state index is 0.202. The molecular weight excluding hydrogens is 633 g/mol. The van der Waals surface area contributed by atoms with Crippen LogP contribution in [0.3, 0.4) is 0 Å². The summed E-state index contributed by atoms with van der Waals surface area (Å²) >= 11 is 0. The second-order valence-corrected chi connectivity index (χ2v) is 10.9. The van der Waals surface area contributed by atoms with Crippen molar-refractivity contribution in [2.24, 2.45) is 0 Å². The molecule has 0 radical (unpaired) electrons. The molecule has 0 atom stereocenters. The molecule has 4 heterocycles. The number of aromatic hydroxyl groups is 1. The summed E-state index contributed by atoms with van der Waals surface area (Å²) < 4.78 is 37.9. The van der Waals surface area contributed by atoms with Crippen LogP contribution >= 0.6 is 0 Å². The molecule has 49 heavy (non-hydrogen) atoms. The lowest BCUT2D eigenvalue weighted by Crippen LogP contribution is -2.05. The summed E-state index contributed by atoms with van der Waals surface area (Å²) in [6, 6.07) is 19.0. The van der Waals surface area contributed by atoms with Crippen LogP contribution in [-0.4, -0.2) is 35.0 Å². The summed E-state index contributed by atoms with van der Waals surface area (Å²) in [6.07, 6.45) is -1.16. The van der Waals surface area contributed by atoms with Gasteiger partial charge < -0.3 is 25.7 Å². The summed E-state index contributed by atoms with van der Waals surface area (Å²) in [6.45, 7) is 7.47. The predicted octanol–water partition coefficient (Wildman–Crippen LogP) is 8.13. The van der Waals surface area contributed by atoms with E-state index in [1.54, 1.807) is 42.7 Å². The lowest BCUT2D eigenvalue weighted by atomic mass is 10.1. The minimum Gasteiger partial charge on any atom is -0.508 e. The van der Waals surface area contributed by atoms with Crippen molar-refractivity contribution in [2.45, 2.75) is 33.9 Å². The number of aryl methyl sites for hydroxylation is 2. The molecule has 0 saturated heterocycles. The van der Waals surface area contributed by atoms with Crippen LogP contribution < -0.4 is 10.6 Å². The monoisotopic (exact) mass is 662 g/mol. The number of nitrogens with zero attached hydrogens (tertiary/aromatic N) is 6. The number of nitriles is 2. The average molecular weight is 663 g/mol. The zero-order valence-corrected chi connectivity index (χ0v) is 26.7. The Morgan fingerprint density at radius 2 is 1.06 bits per heavy atom. The van der Waals surface area contributed by atoms with E-state index in [4.69, 9.17) is 10.5 Å². The van der Waals surface area contributed by atoms with Crippen molar-refractivity contribution in [3.8, 4) is 40.4 Å². The minimum atomic E-state index is -4.38. The van der Waals surface area contributed by atoms with Crippen molar-refractivity contribution in [1.82, 2.24) is 29.9 Å². The number of H-pyrrole nitrogens is 2. The highest BCUT2D eigenvalue weighted by atomic mass is 19.4. The van der Waals surface area contributed by atoms with Gasteiger partial charge in [0.25, 0.3) is 0 Å². The van der Waals surface area contributed by atoms with Gasteiger partial charge in [-0.15, -0.1) is 0 Å². The van der Waals surface area contributed by atoms with E-state index in [2.05, 4.69) is 52.7 Å². The summed E-state index contributed by atoms with van der Waals surface area (Å²) in [5.74, 6) is 0.903. The Kier molecular flexibility index (Phi) is 9.61.